The van der Waals surface area contributed by atoms with Crippen molar-refractivity contribution in [2.75, 3.05) is 13.6 Å². The van der Waals surface area contributed by atoms with E-state index in [1.165, 1.54) is 12.1 Å². The second kappa shape index (κ2) is 9.28. The molecule has 8 heteroatoms. The summed E-state index contributed by atoms with van der Waals surface area (Å²) in [5, 5.41) is 3.17. The molecule has 1 heterocycles. The van der Waals surface area contributed by atoms with Gasteiger partial charge in [-0.05, 0) is 61.1 Å². The fraction of sp³-hybridized carbons (Fsp3) is 0.429. The fourth-order valence-electron chi connectivity index (χ4n) is 4.36. The van der Waals surface area contributed by atoms with Gasteiger partial charge in [0.25, 0.3) is 0 Å². The van der Waals surface area contributed by atoms with Crippen molar-refractivity contribution in [1.82, 2.24) is 15.0 Å². The van der Waals surface area contributed by atoms with E-state index in [0.717, 1.165) is 48.4 Å². The van der Waals surface area contributed by atoms with Crippen LogP contribution in [0.25, 0.3) is 0 Å². The summed E-state index contributed by atoms with van der Waals surface area (Å²) in [5.41, 5.74) is 0.725. The minimum absolute atomic E-state index is 0.0619. The van der Waals surface area contributed by atoms with Crippen LogP contribution < -0.4 is 10.0 Å². The molecule has 1 fully saturated rings. The summed E-state index contributed by atoms with van der Waals surface area (Å²) in [6.45, 7) is 0.290. The first-order valence-electron chi connectivity index (χ1n) is 9.78. The van der Waals surface area contributed by atoms with E-state index in [1.54, 1.807) is 6.20 Å². The number of likely N-dealkylation sites (N-methyl/N-ethyl adjacent to an activating group) is 1. The molecular weight excluding hydrogens is 409 g/mol. The molecule has 29 heavy (non-hydrogen) atoms. The van der Waals surface area contributed by atoms with Crippen molar-refractivity contribution in [2.24, 2.45) is 5.92 Å². The normalized spacial score (nSPS) is 22.2. The number of hydrogen-bond donors (Lipinski definition) is 2. The molecule has 0 radical (unpaired) electrons. The molecule has 3 rings (SSSR count). The van der Waals surface area contributed by atoms with Gasteiger partial charge in [-0.15, -0.1) is 0 Å². The van der Waals surface area contributed by atoms with Gasteiger partial charge in [-0.3, -0.25) is 4.98 Å². The molecule has 0 aliphatic heterocycles. The maximum absolute atomic E-state index is 13.1. The van der Waals surface area contributed by atoms with Crippen LogP contribution in [0.5, 0.6) is 0 Å². The molecule has 2 atom stereocenters. The third-order valence-electron chi connectivity index (χ3n) is 5.79. The average molecular weight is 436 g/mol. The number of aromatic nitrogens is 1. The second-order valence-electron chi connectivity index (χ2n) is 7.38. The molecule has 5 nitrogen and oxygen atoms in total. The summed E-state index contributed by atoms with van der Waals surface area (Å²) < 4.78 is 40.8. The smallest absolute Gasteiger partial charge is 0.240 e. The third kappa shape index (κ3) is 4.65. The Morgan fingerprint density at radius 3 is 2.69 bits per heavy atom. The lowest BCUT2D eigenvalue weighted by Crippen LogP contribution is -2.50. The van der Waals surface area contributed by atoms with Crippen molar-refractivity contribution < 1.29 is 12.8 Å². The molecule has 1 aliphatic carbocycles. The highest BCUT2D eigenvalue weighted by Crippen LogP contribution is 2.46. The van der Waals surface area contributed by atoms with Crippen LogP contribution in [0.1, 0.15) is 37.7 Å². The first-order valence-corrected chi connectivity index (χ1v) is 11.7. The maximum atomic E-state index is 13.1. The van der Waals surface area contributed by atoms with Gasteiger partial charge in [0.15, 0.2) is 0 Å². The zero-order valence-electron chi connectivity index (χ0n) is 16.4. The monoisotopic (exact) mass is 435 g/mol. The van der Waals surface area contributed by atoms with Crippen molar-refractivity contribution in [3.8, 4) is 0 Å². The first kappa shape index (κ1) is 21.8. The van der Waals surface area contributed by atoms with Gasteiger partial charge in [-0.2, -0.15) is 0 Å². The Labute approximate surface area is 177 Å². The van der Waals surface area contributed by atoms with Crippen molar-refractivity contribution >= 4 is 27.2 Å². The Morgan fingerprint density at radius 1 is 1.28 bits per heavy atom. The third-order valence-corrected chi connectivity index (χ3v) is 7.83. The Bertz CT molecular complexity index is 936. The van der Waals surface area contributed by atoms with Crippen LogP contribution in [0.2, 0.25) is 0 Å². The lowest BCUT2D eigenvalue weighted by molar-refractivity contribution is 0.239. The number of pyridine rings is 1. The van der Waals surface area contributed by atoms with Crippen molar-refractivity contribution in [3.63, 3.8) is 0 Å². The Balaban J connectivity index is 1.79. The topological polar surface area (TPSA) is 71.1 Å². The zero-order valence-corrected chi connectivity index (χ0v) is 18.0. The number of sulfonamides is 1. The number of thiocarbonyl (C=S) groups is 1. The van der Waals surface area contributed by atoms with Gasteiger partial charge in [0.1, 0.15) is 5.82 Å². The van der Waals surface area contributed by atoms with E-state index >= 15 is 0 Å². The number of rotatable bonds is 7. The predicted octanol–water partition coefficient (Wildman–Crippen LogP) is 3.56. The summed E-state index contributed by atoms with van der Waals surface area (Å²) in [4.78, 5) is 5.13. The number of hydrogen-bond acceptors (Lipinski definition) is 4. The molecule has 0 saturated heterocycles. The van der Waals surface area contributed by atoms with Gasteiger partial charge in [0.05, 0.1) is 9.88 Å². The van der Waals surface area contributed by atoms with Crippen LogP contribution in [0.3, 0.4) is 0 Å². The summed E-state index contributed by atoms with van der Waals surface area (Å²) >= 11 is 5.75. The quantitative estimate of drug-likeness (QED) is 0.651. The zero-order chi connectivity index (χ0) is 20.9. The van der Waals surface area contributed by atoms with Crippen LogP contribution in [0.4, 0.5) is 4.39 Å². The van der Waals surface area contributed by atoms with Crippen molar-refractivity contribution in [2.45, 2.75) is 42.4 Å². The predicted molar refractivity (Wildman–Crippen MR) is 116 cm³/mol. The van der Waals surface area contributed by atoms with Crippen LogP contribution >= 0.6 is 12.2 Å². The van der Waals surface area contributed by atoms with Crippen LogP contribution in [0, 0.1) is 11.7 Å². The van der Waals surface area contributed by atoms with Crippen LogP contribution in [0.15, 0.2) is 53.7 Å². The molecular formula is C21H26FN3O2S2. The molecule has 1 saturated carbocycles. The Morgan fingerprint density at radius 2 is 2.03 bits per heavy atom. The molecule has 2 N–H and O–H groups in total. The molecule has 0 unspecified atom stereocenters. The van der Waals surface area contributed by atoms with Crippen LogP contribution in [-0.4, -0.2) is 32.0 Å². The summed E-state index contributed by atoms with van der Waals surface area (Å²) in [5.74, 6) is -0.274. The molecule has 0 amide bonds. The summed E-state index contributed by atoms with van der Waals surface area (Å²) in [7, 11) is -1.85. The van der Waals surface area contributed by atoms with E-state index in [0.29, 0.717) is 13.0 Å². The molecule has 2 aromatic rings. The molecule has 1 aromatic heterocycles. The SMILES string of the molecule is CNC(=S)[C@]1(c2cccnc2)CCCC[C@H]1CCNS(=O)(=O)c1ccc(F)cc1. The number of nitrogens with one attached hydrogen (secondary N) is 2. The van der Waals surface area contributed by atoms with Gasteiger partial charge in [0, 0.05) is 31.4 Å². The van der Waals surface area contributed by atoms with Gasteiger partial charge < -0.3 is 5.32 Å². The van der Waals surface area contributed by atoms with Gasteiger partial charge in [-0.1, -0.05) is 31.1 Å². The largest absolute Gasteiger partial charge is 0.382 e. The molecule has 1 aliphatic rings. The van der Waals surface area contributed by atoms with Crippen molar-refractivity contribution in [3.05, 3.63) is 60.2 Å². The average Bonchev–Trinajstić information content (AvgIpc) is 2.74. The van der Waals surface area contributed by atoms with E-state index in [4.69, 9.17) is 12.2 Å². The minimum Gasteiger partial charge on any atom is -0.382 e. The van der Waals surface area contributed by atoms with E-state index in [2.05, 4.69) is 21.1 Å². The highest BCUT2D eigenvalue weighted by atomic mass is 32.2. The van der Waals surface area contributed by atoms with E-state index in [-0.39, 0.29) is 16.2 Å². The Hall–Kier alpha value is -1.90. The highest BCUT2D eigenvalue weighted by molar-refractivity contribution is 7.89. The van der Waals surface area contributed by atoms with Gasteiger partial charge >= 0.3 is 0 Å². The summed E-state index contributed by atoms with van der Waals surface area (Å²) in [6, 6.07) is 8.81. The standard InChI is InChI=1S/C21H26FN3O2S2/c1-23-20(28)21(17-6-4-13-24-15-17)12-3-2-5-16(21)11-14-25-29(26,27)19-9-7-18(22)8-10-19/h4,6-10,13,15-16,25H,2-3,5,11-12,14H2,1H3,(H,23,28)/t16-,21+/m0/s1. The lowest BCUT2D eigenvalue weighted by Gasteiger charge is -2.45. The number of nitrogens with zero attached hydrogens (tertiary/aromatic N) is 1. The first-order chi connectivity index (χ1) is 13.9. The lowest BCUT2D eigenvalue weighted by atomic mass is 9.61. The highest BCUT2D eigenvalue weighted by Gasteiger charge is 2.45. The molecule has 1 aromatic carbocycles. The van der Waals surface area contributed by atoms with E-state index in [1.807, 2.05) is 19.3 Å². The van der Waals surface area contributed by atoms with Crippen molar-refractivity contribution in [1.29, 1.82) is 0 Å². The molecule has 0 spiro atoms. The number of benzene rings is 1. The molecule has 0 bridgehead atoms. The fourth-order valence-corrected chi connectivity index (χ4v) is 5.79. The van der Waals surface area contributed by atoms with Gasteiger partial charge in [-0.25, -0.2) is 17.5 Å². The van der Waals surface area contributed by atoms with E-state index in [9.17, 15) is 12.8 Å². The van der Waals surface area contributed by atoms with Crippen LogP contribution in [-0.2, 0) is 15.4 Å². The minimum atomic E-state index is -3.68. The van der Waals surface area contributed by atoms with Gasteiger partial charge in [0.2, 0.25) is 10.0 Å². The maximum Gasteiger partial charge on any atom is 0.240 e. The van der Waals surface area contributed by atoms with E-state index < -0.39 is 15.8 Å². The second-order valence-corrected chi connectivity index (χ2v) is 9.55. The molecule has 156 valence electrons. The Kier molecular flexibility index (Phi) is 6.97. The number of halogens is 1. The summed E-state index contributed by atoms with van der Waals surface area (Å²) in [6.07, 6.45) is 8.29.